The van der Waals surface area contributed by atoms with Gasteiger partial charge in [-0.15, -0.1) is 10.2 Å². The van der Waals surface area contributed by atoms with Gasteiger partial charge in [0, 0.05) is 25.2 Å². The first-order valence-electron chi connectivity index (χ1n) is 8.19. The minimum atomic E-state index is -0.118. The number of nitrogens with one attached hydrogen (secondary N) is 1. The van der Waals surface area contributed by atoms with E-state index in [1.807, 2.05) is 18.4 Å². The quantitative estimate of drug-likeness (QED) is 0.784. The molecule has 0 fully saturated rings. The lowest BCUT2D eigenvalue weighted by atomic mass is 10.1. The normalized spacial score (nSPS) is 11.1. The van der Waals surface area contributed by atoms with Gasteiger partial charge in [-0.2, -0.15) is 0 Å². The van der Waals surface area contributed by atoms with Gasteiger partial charge in [0.2, 0.25) is 0 Å². The average Bonchev–Trinajstić information content (AvgIpc) is 3.11. The molecular formula is C16H26N6O2. The van der Waals surface area contributed by atoms with Crippen LogP contribution in [0.1, 0.15) is 49.2 Å². The monoisotopic (exact) mass is 334 g/mol. The van der Waals surface area contributed by atoms with E-state index in [0.29, 0.717) is 13.1 Å². The first-order chi connectivity index (χ1) is 11.4. The van der Waals surface area contributed by atoms with E-state index < -0.39 is 0 Å². The highest BCUT2D eigenvalue weighted by molar-refractivity contribution is 5.73. The third kappa shape index (κ3) is 4.33. The summed E-state index contributed by atoms with van der Waals surface area (Å²) in [5, 5.41) is 14.9. The van der Waals surface area contributed by atoms with Crippen molar-refractivity contribution in [3.63, 3.8) is 0 Å². The lowest BCUT2D eigenvalue weighted by Gasteiger charge is -2.19. The third-order valence-electron chi connectivity index (χ3n) is 3.99. The molecule has 0 bridgehead atoms. The number of aryl methyl sites for hydroxylation is 2. The summed E-state index contributed by atoms with van der Waals surface area (Å²) in [6.07, 6.45) is 3.37. The summed E-state index contributed by atoms with van der Waals surface area (Å²) in [6.45, 7) is 8.98. The Kier molecular flexibility index (Phi) is 5.94. The van der Waals surface area contributed by atoms with Gasteiger partial charge in [-0.05, 0) is 40.5 Å². The number of hydrogen-bond acceptors (Lipinski definition) is 5. The van der Waals surface area contributed by atoms with E-state index in [0.717, 1.165) is 35.7 Å². The number of aromatic nitrogens is 4. The molecule has 2 amide bonds. The highest BCUT2D eigenvalue weighted by Crippen LogP contribution is 2.14. The van der Waals surface area contributed by atoms with Crippen LogP contribution in [0.3, 0.4) is 0 Å². The lowest BCUT2D eigenvalue weighted by molar-refractivity contribution is 0.204. The molecule has 2 aromatic heterocycles. The average molecular weight is 334 g/mol. The lowest BCUT2D eigenvalue weighted by Crippen LogP contribution is -2.38. The Morgan fingerprint density at radius 3 is 2.79 bits per heavy atom. The molecule has 0 saturated heterocycles. The molecule has 0 saturated carbocycles. The smallest absolute Gasteiger partial charge is 0.317 e. The molecule has 24 heavy (non-hydrogen) atoms. The fourth-order valence-electron chi connectivity index (χ4n) is 2.55. The van der Waals surface area contributed by atoms with Crippen LogP contribution in [0.15, 0.2) is 10.9 Å². The van der Waals surface area contributed by atoms with Crippen LogP contribution in [0.5, 0.6) is 0 Å². The minimum Gasteiger partial charge on any atom is -0.361 e. The van der Waals surface area contributed by atoms with Gasteiger partial charge < -0.3 is 19.3 Å². The maximum Gasteiger partial charge on any atom is 0.317 e. The van der Waals surface area contributed by atoms with Crippen LogP contribution in [-0.2, 0) is 13.0 Å². The summed E-state index contributed by atoms with van der Waals surface area (Å²) in [5.74, 6) is 1.63. The minimum absolute atomic E-state index is 0.118. The predicted octanol–water partition coefficient (Wildman–Crippen LogP) is 2.24. The molecule has 0 aliphatic carbocycles. The van der Waals surface area contributed by atoms with Gasteiger partial charge in [0.1, 0.15) is 12.1 Å². The third-order valence-corrected chi connectivity index (χ3v) is 3.99. The number of carbonyl (C=O) groups excluding carboxylic acids is 1. The zero-order chi connectivity index (χ0) is 17.7. The zero-order valence-corrected chi connectivity index (χ0v) is 15.0. The maximum atomic E-state index is 12.2. The molecule has 0 atom stereocenters. The van der Waals surface area contributed by atoms with E-state index in [2.05, 4.69) is 34.5 Å². The van der Waals surface area contributed by atoms with E-state index in [9.17, 15) is 4.79 Å². The zero-order valence-electron chi connectivity index (χ0n) is 15.0. The Morgan fingerprint density at radius 1 is 1.42 bits per heavy atom. The summed E-state index contributed by atoms with van der Waals surface area (Å²) in [7, 11) is 1.75. The second-order valence-corrected chi connectivity index (χ2v) is 6.24. The van der Waals surface area contributed by atoms with E-state index in [-0.39, 0.29) is 12.1 Å². The van der Waals surface area contributed by atoms with Crippen LogP contribution in [-0.4, -0.2) is 44.4 Å². The van der Waals surface area contributed by atoms with Crippen molar-refractivity contribution in [3.05, 3.63) is 29.2 Å². The van der Waals surface area contributed by atoms with Crippen molar-refractivity contribution < 1.29 is 9.32 Å². The predicted molar refractivity (Wildman–Crippen MR) is 89.6 cm³/mol. The number of amides is 2. The van der Waals surface area contributed by atoms with Gasteiger partial charge in [0.05, 0.1) is 12.2 Å². The molecule has 2 aromatic rings. The summed E-state index contributed by atoms with van der Waals surface area (Å²) in [5.41, 5.74) is 2.05. The van der Waals surface area contributed by atoms with Crippen LogP contribution < -0.4 is 5.32 Å². The molecular weight excluding hydrogens is 308 g/mol. The van der Waals surface area contributed by atoms with Crippen LogP contribution in [0.2, 0.25) is 0 Å². The summed E-state index contributed by atoms with van der Waals surface area (Å²) >= 11 is 0. The Bertz CT molecular complexity index is 656. The van der Waals surface area contributed by atoms with Crippen molar-refractivity contribution in [1.82, 2.24) is 30.1 Å². The summed E-state index contributed by atoms with van der Waals surface area (Å²) in [4.78, 5) is 13.8. The highest BCUT2D eigenvalue weighted by atomic mass is 16.5. The van der Waals surface area contributed by atoms with Crippen LogP contribution >= 0.6 is 0 Å². The van der Waals surface area contributed by atoms with Gasteiger partial charge in [0.15, 0.2) is 5.82 Å². The van der Waals surface area contributed by atoms with Crippen LogP contribution in [0.4, 0.5) is 4.79 Å². The number of carbonyl (C=O) groups is 1. The second-order valence-electron chi connectivity index (χ2n) is 6.24. The van der Waals surface area contributed by atoms with Gasteiger partial charge in [-0.3, -0.25) is 0 Å². The molecule has 0 aliphatic heterocycles. The van der Waals surface area contributed by atoms with Crippen molar-refractivity contribution in [3.8, 4) is 0 Å². The Labute approximate surface area is 142 Å². The van der Waals surface area contributed by atoms with Gasteiger partial charge in [-0.25, -0.2) is 4.79 Å². The van der Waals surface area contributed by atoms with E-state index in [4.69, 9.17) is 4.52 Å². The standard InChI is InChI=1S/C16H26N6O2/c1-11(2)22-10-18-19-15(22)9-21(5)16(23)17-8-6-7-14-12(3)20-24-13(14)4/h10-11H,6-9H2,1-5H3,(H,17,23). The molecule has 132 valence electrons. The number of nitrogens with zero attached hydrogens (tertiary/aromatic N) is 5. The molecule has 8 heteroatoms. The fourth-order valence-corrected chi connectivity index (χ4v) is 2.55. The van der Waals surface area contributed by atoms with E-state index in [1.165, 1.54) is 0 Å². The van der Waals surface area contributed by atoms with Gasteiger partial charge in [-0.1, -0.05) is 5.16 Å². The molecule has 0 aromatic carbocycles. The maximum absolute atomic E-state index is 12.2. The molecule has 0 unspecified atom stereocenters. The Balaban J connectivity index is 1.77. The summed E-state index contributed by atoms with van der Waals surface area (Å²) < 4.78 is 7.10. The first-order valence-corrected chi connectivity index (χ1v) is 8.19. The largest absolute Gasteiger partial charge is 0.361 e. The molecule has 0 spiro atoms. The summed E-state index contributed by atoms with van der Waals surface area (Å²) in [6, 6.07) is 0.147. The number of urea groups is 1. The first kappa shape index (κ1) is 18.0. The van der Waals surface area contributed by atoms with Crippen molar-refractivity contribution in [2.75, 3.05) is 13.6 Å². The second kappa shape index (κ2) is 7.94. The molecule has 2 heterocycles. The van der Waals surface area contributed by atoms with Crippen molar-refractivity contribution >= 4 is 6.03 Å². The fraction of sp³-hybridized carbons (Fsp3) is 0.625. The molecule has 0 radical (unpaired) electrons. The van der Waals surface area contributed by atoms with E-state index in [1.54, 1.807) is 18.3 Å². The van der Waals surface area contributed by atoms with E-state index >= 15 is 0 Å². The molecule has 8 nitrogen and oxygen atoms in total. The van der Waals surface area contributed by atoms with Crippen LogP contribution in [0, 0.1) is 13.8 Å². The Morgan fingerprint density at radius 2 is 2.17 bits per heavy atom. The van der Waals surface area contributed by atoms with Crippen LogP contribution in [0.25, 0.3) is 0 Å². The topological polar surface area (TPSA) is 89.1 Å². The number of hydrogen-bond donors (Lipinski definition) is 1. The molecule has 0 aliphatic rings. The van der Waals surface area contributed by atoms with Crippen molar-refractivity contribution in [2.24, 2.45) is 0 Å². The SMILES string of the molecule is Cc1noc(C)c1CCCNC(=O)N(C)Cc1nncn1C(C)C. The van der Waals surface area contributed by atoms with Gasteiger partial charge >= 0.3 is 6.03 Å². The van der Waals surface area contributed by atoms with Crippen molar-refractivity contribution in [2.45, 2.75) is 53.1 Å². The van der Waals surface area contributed by atoms with Crippen molar-refractivity contribution in [1.29, 1.82) is 0 Å². The highest BCUT2D eigenvalue weighted by Gasteiger charge is 2.14. The number of rotatable bonds is 7. The van der Waals surface area contributed by atoms with Gasteiger partial charge in [0.25, 0.3) is 0 Å². The molecule has 1 N–H and O–H groups in total. The Hall–Kier alpha value is -2.38. The molecule has 2 rings (SSSR count).